The third-order valence-corrected chi connectivity index (χ3v) is 3.22. The Morgan fingerprint density at radius 2 is 2.33 bits per heavy atom. The summed E-state index contributed by atoms with van der Waals surface area (Å²) in [5, 5.41) is 0.662. The smallest absolute Gasteiger partial charge is 0.123 e. The lowest BCUT2D eigenvalue weighted by Crippen LogP contribution is -2.01. The summed E-state index contributed by atoms with van der Waals surface area (Å²) in [5.74, 6) is 0.404. The van der Waals surface area contributed by atoms with E-state index in [1.807, 2.05) is 0 Å². The molecule has 1 aromatic rings. The monoisotopic (exact) mass is 228 g/mol. The van der Waals surface area contributed by atoms with Gasteiger partial charge in [-0.05, 0) is 48.9 Å². The first kappa shape index (κ1) is 10.9. The Hall–Kier alpha value is -0.600. The van der Waals surface area contributed by atoms with E-state index in [2.05, 4.69) is 0 Å². The van der Waals surface area contributed by atoms with Crippen molar-refractivity contribution in [2.75, 3.05) is 13.2 Å². The standard InChI is InChI=1S/C12H14ClFO/c13-12-4-3-11(14)7-10(12)2-1-9-5-6-15-8-9/h3-4,7,9H,1-2,5-6,8H2. The topological polar surface area (TPSA) is 9.23 Å². The van der Waals surface area contributed by atoms with Crippen molar-refractivity contribution in [3.8, 4) is 0 Å². The van der Waals surface area contributed by atoms with Gasteiger partial charge in [0.25, 0.3) is 0 Å². The first-order valence-electron chi connectivity index (χ1n) is 5.27. The van der Waals surface area contributed by atoms with Gasteiger partial charge in [0, 0.05) is 18.2 Å². The second-order valence-corrected chi connectivity index (χ2v) is 4.41. The maximum absolute atomic E-state index is 13.0. The second kappa shape index (κ2) is 4.95. The largest absolute Gasteiger partial charge is 0.381 e. The molecular formula is C12H14ClFO. The average molecular weight is 229 g/mol. The van der Waals surface area contributed by atoms with Crippen molar-refractivity contribution in [1.82, 2.24) is 0 Å². The van der Waals surface area contributed by atoms with Gasteiger partial charge in [-0.3, -0.25) is 0 Å². The molecule has 0 bridgehead atoms. The van der Waals surface area contributed by atoms with E-state index in [4.69, 9.17) is 16.3 Å². The summed E-state index contributed by atoms with van der Waals surface area (Å²) in [5.41, 5.74) is 0.906. The lowest BCUT2D eigenvalue weighted by Gasteiger charge is -2.08. The van der Waals surface area contributed by atoms with Crippen molar-refractivity contribution in [3.63, 3.8) is 0 Å². The fourth-order valence-corrected chi connectivity index (χ4v) is 2.12. The van der Waals surface area contributed by atoms with Gasteiger partial charge < -0.3 is 4.74 Å². The van der Waals surface area contributed by atoms with Gasteiger partial charge in [0.05, 0.1) is 0 Å². The van der Waals surface area contributed by atoms with Crippen LogP contribution in [0.1, 0.15) is 18.4 Å². The molecule has 1 aliphatic heterocycles. The molecule has 0 aliphatic carbocycles. The Kier molecular flexibility index (Phi) is 3.60. The molecule has 1 unspecified atom stereocenters. The van der Waals surface area contributed by atoms with Gasteiger partial charge in [-0.25, -0.2) is 4.39 Å². The summed E-state index contributed by atoms with van der Waals surface area (Å²) in [6.07, 6.45) is 2.99. The van der Waals surface area contributed by atoms with Crippen LogP contribution in [0, 0.1) is 11.7 Å². The Balaban J connectivity index is 1.94. The molecule has 1 aliphatic rings. The zero-order valence-electron chi connectivity index (χ0n) is 8.51. The maximum atomic E-state index is 13.0. The van der Waals surface area contributed by atoms with Crippen LogP contribution in [0.15, 0.2) is 18.2 Å². The van der Waals surface area contributed by atoms with Crippen LogP contribution in [0.4, 0.5) is 4.39 Å². The van der Waals surface area contributed by atoms with Crippen LogP contribution in [-0.4, -0.2) is 13.2 Å². The number of aryl methyl sites for hydroxylation is 1. The van der Waals surface area contributed by atoms with Crippen molar-refractivity contribution in [1.29, 1.82) is 0 Å². The number of ether oxygens (including phenoxy) is 1. The predicted octanol–water partition coefficient (Wildman–Crippen LogP) is 3.45. The van der Waals surface area contributed by atoms with Crippen LogP contribution in [-0.2, 0) is 11.2 Å². The molecule has 0 spiro atoms. The van der Waals surface area contributed by atoms with E-state index in [0.29, 0.717) is 10.9 Å². The van der Waals surface area contributed by atoms with E-state index in [1.165, 1.54) is 12.1 Å². The maximum Gasteiger partial charge on any atom is 0.123 e. The first-order chi connectivity index (χ1) is 7.25. The summed E-state index contributed by atoms with van der Waals surface area (Å²) in [7, 11) is 0. The normalized spacial score (nSPS) is 20.8. The SMILES string of the molecule is Fc1ccc(Cl)c(CCC2CCOC2)c1. The molecule has 0 aromatic heterocycles. The van der Waals surface area contributed by atoms with Gasteiger partial charge in [0.15, 0.2) is 0 Å². The van der Waals surface area contributed by atoms with Crippen LogP contribution < -0.4 is 0 Å². The summed E-state index contributed by atoms with van der Waals surface area (Å²) >= 11 is 5.98. The third-order valence-electron chi connectivity index (χ3n) is 2.85. The van der Waals surface area contributed by atoms with Crippen LogP contribution >= 0.6 is 11.6 Å². The van der Waals surface area contributed by atoms with Gasteiger partial charge in [-0.2, -0.15) is 0 Å². The van der Waals surface area contributed by atoms with Gasteiger partial charge >= 0.3 is 0 Å². The minimum absolute atomic E-state index is 0.211. The second-order valence-electron chi connectivity index (χ2n) is 4.00. The highest BCUT2D eigenvalue weighted by atomic mass is 35.5. The third kappa shape index (κ3) is 2.93. The van der Waals surface area contributed by atoms with E-state index >= 15 is 0 Å². The van der Waals surface area contributed by atoms with Gasteiger partial charge in [-0.1, -0.05) is 11.6 Å². The Bertz CT molecular complexity index is 334. The molecule has 0 radical (unpaired) electrons. The minimum atomic E-state index is -0.211. The van der Waals surface area contributed by atoms with Crippen LogP contribution in [0.25, 0.3) is 0 Å². The van der Waals surface area contributed by atoms with Crippen molar-refractivity contribution >= 4 is 11.6 Å². The highest BCUT2D eigenvalue weighted by molar-refractivity contribution is 6.31. The molecule has 2 rings (SSSR count). The van der Waals surface area contributed by atoms with Crippen molar-refractivity contribution < 1.29 is 9.13 Å². The highest BCUT2D eigenvalue weighted by Gasteiger charge is 2.15. The molecule has 0 amide bonds. The van der Waals surface area contributed by atoms with E-state index in [0.717, 1.165) is 38.0 Å². The van der Waals surface area contributed by atoms with Gasteiger partial charge in [-0.15, -0.1) is 0 Å². The molecule has 1 saturated heterocycles. The number of hydrogen-bond acceptors (Lipinski definition) is 1. The average Bonchev–Trinajstić information content (AvgIpc) is 2.72. The molecular weight excluding hydrogens is 215 g/mol. The summed E-state index contributed by atoms with van der Waals surface area (Å²) < 4.78 is 18.3. The van der Waals surface area contributed by atoms with Crippen molar-refractivity contribution in [2.24, 2.45) is 5.92 Å². The van der Waals surface area contributed by atoms with Crippen molar-refractivity contribution in [2.45, 2.75) is 19.3 Å². The summed E-state index contributed by atoms with van der Waals surface area (Å²) in [6.45, 7) is 1.70. The number of rotatable bonds is 3. The van der Waals surface area contributed by atoms with Crippen LogP contribution in [0.2, 0.25) is 5.02 Å². The summed E-state index contributed by atoms with van der Waals surface area (Å²) in [4.78, 5) is 0. The van der Waals surface area contributed by atoms with Gasteiger partial charge in [0.2, 0.25) is 0 Å². The van der Waals surface area contributed by atoms with Crippen LogP contribution in [0.5, 0.6) is 0 Å². The molecule has 0 N–H and O–H groups in total. The molecule has 15 heavy (non-hydrogen) atoms. The molecule has 1 fully saturated rings. The van der Waals surface area contributed by atoms with E-state index in [-0.39, 0.29) is 5.82 Å². The van der Waals surface area contributed by atoms with Gasteiger partial charge in [0.1, 0.15) is 5.82 Å². The quantitative estimate of drug-likeness (QED) is 0.770. The molecule has 82 valence electrons. The van der Waals surface area contributed by atoms with Crippen LogP contribution in [0.3, 0.4) is 0 Å². The lowest BCUT2D eigenvalue weighted by molar-refractivity contribution is 0.184. The molecule has 1 nitrogen and oxygen atoms in total. The molecule has 0 saturated carbocycles. The fraction of sp³-hybridized carbons (Fsp3) is 0.500. The number of halogens is 2. The molecule has 1 aromatic carbocycles. The predicted molar refractivity (Wildman–Crippen MR) is 58.7 cm³/mol. The first-order valence-corrected chi connectivity index (χ1v) is 5.65. The molecule has 1 atom stereocenters. The zero-order valence-corrected chi connectivity index (χ0v) is 9.27. The Labute approximate surface area is 94.2 Å². The highest BCUT2D eigenvalue weighted by Crippen LogP contribution is 2.23. The van der Waals surface area contributed by atoms with E-state index in [9.17, 15) is 4.39 Å². The minimum Gasteiger partial charge on any atom is -0.381 e. The molecule has 3 heteroatoms. The van der Waals surface area contributed by atoms with E-state index in [1.54, 1.807) is 6.07 Å². The Morgan fingerprint density at radius 1 is 1.47 bits per heavy atom. The lowest BCUT2D eigenvalue weighted by atomic mass is 9.99. The number of hydrogen-bond donors (Lipinski definition) is 0. The van der Waals surface area contributed by atoms with Crippen molar-refractivity contribution in [3.05, 3.63) is 34.6 Å². The summed E-state index contributed by atoms with van der Waals surface area (Å²) in [6, 6.07) is 4.54. The number of benzene rings is 1. The zero-order chi connectivity index (χ0) is 10.7. The fourth-order valence-electron chi connectivity index (χ4n) is 1.91. The Morgan fingerprint density at radius 3 is 3.07 bits per heavy atom. The molecule has 1 heterocycles. The van der Waals surface area contributed by atoms with E-state index < -0.39 is 0 Å².